The van der Waals surface area contributed by atoms with Gasteiger partial charge in [-0.1, -0.05) is 19.9 Å². The van der Waals surface area contributed by atoms with Gasteiger partial charge in [-0.15, -0.1) is 0 Å². The van der Waals surface area contributed by atoms with Gasteiger partial charge >= 0.3 is 6.09 Å². The fourth-order valence-corrected chi connectivity index (χ4v) is 3.83. The molecular formula is C27H33F2N3O4. The number of alkyl carbamates (subject to hydrolysis) is 1. The van der Waals surface area contributed by atoms with E-state index in [0.29, 0.717) is 22.8 Å². The summed E-state index contributed by atoms with van der Waals surface area (Å²) in [6, 6.07) is 5.34. The van der Waals surface area contributed by atoms with Crippen molar-refractivity contribution < 1.29 is 27.8 Å². The first-order valence-corrected chi connectivity index (χ1v) is 11.7. The highest BCUT2D eigenvalue weighted by molar-refractivity contribution is 5.97. The van der Waals surface area contributed by atoms with Gasteiger partial charge in [-0.05, 0) is 63.8 Å². The Morgan fingerprint density at radius 3 is 2.33 bits per heavy atom. The van der Waals surface area contributed by atoms with E-state index in [2.05, 4.69) is 10.3 Å². The van der Waals surface area contributed by atoms with Crippen molar-refractivity contribution in [2.45, 2.75) is 67.1 Å². The van der Waals surface area contributed by atoms with Gasteiger partial charge in [-0.25, -0.2) is 18.6 Å². The molecule has 3 aromatic rings. The van der Waals surface area contributed by atoms with Crippen molar-refractivity contribution in [1.29, 1.82) is 0 Å². The van der Waals surface area contributed by atoms with E-state index in [1.165, 1.54) is 18.2 Å². The molecule has 0 bridgehead atoms. The van der Waals surface area contributed by atoms with E-state index in [1.807, 2.05) is 20.8 Å². The minimum atomic E-state index is -0.698. The van der Waals surface area contributed by atoms with Crippen LogP contribution in [0.4, 0.5) is 13.6 Å². The minimum Gasteiger partial charge on any atom is -0.485 e. The molecule has 0 fully saturated rings. The molecule has 2 heterocycles. The van der Waals surface area contributed by atoms with Crippen molar-refractivity contribution in [2.24, 2.45) is 5.41 Å². The third kappa shape index (κ3) is 6.59. The van der Waals surface area contributed by atoms with E-state index < -0.39 is 28.7 Å². The quantitative estimate of drug-likeness (QED) is 0.387. The average molecular weight is 502 g/mol. The van der Waals surface area contributed by atoms with Crippen LogP contribution in [0.15, 0.2) is 30.5 Å². The molecule has 2 aromatic heterocycles. The van der Waals surface area contributed by atoms with Crippen LogP contribution in [0, 0.1) is 30.9 Å². The monoisotopic (exact) mass is 501 g/mol. The fraction of sp³-hybridized carbons (Fsp3) is 0.444. The van der Waals surface area contributed by atoms with Crippen molar-refractivity contribution in [3.63, 3.8) is 0 Å². The van der Waals surface area contributed by atoms with Crippen molar-refractivity contribution >= 4 is 17.5 Å². The molecule has 7 nitrogen and oxygen atoms in total. The highest BCUT2D eigenvalue weighted by Gasteiger charge is 2.28. The number of aryl methyl sites for hydroxylation is 2. The fourth-order valence-electron chi connectivity index (χ4n) is 3.83. The SMILES string of the molecule is Cc1cc(OCc2c(F)cccc2F)c2nc(C)c(C(=O)CC(C)(C)CNC(=O)OC(C)(C)C)n2c1. The van der Waals surface area contributed by atoms with E-state index in [1.54, 1.807) is 44.4 Å². The van der Waals surface area contributed by atoms with E-state index in [-0.39, 0.29) is 30.9 Å². The maximum atomic E-state index is 14.1. The summed E-state index contributed by atoms with van der Waals surface area (Å²) >= 11 is 0. The number of aromatic nitrogens is 2. The number of rotatable bonds is 8. The lowest BCUT2D eigenvalue weighted by Crippen LogP contribution is -2.38. The zero-order valence-corrected chi connectivity index (χ0v) is 21.8. The van der Waals surface area contributed by atoms with E-state index in [0.717, 1.165) is 5.56 Å². The first kappa shape index (κ1) is 27.1. The van der Waals surface area contributed by atoms with Crippen LogP contribution in [0.1, 0.15) is 68.3 Å². The molecule has 1 aromatic carbocycles. The van der Waals surface area contributed by atoms with Crippen molar-refractivity contribution in [3.8, 4) is 5.75 Å². The number of hydrogen-bond donors (Lipinski definition) is 1. The molecule has 0 aliphatic rings. The largest absolute Gasteiger partial charge is 0.485 e. The Balaban J connectivity index is 1.81. The van der Waals surface area contributed by atoms with Gasteiger partial charge in [0, 0.05) is 19.2 Å². The predicted octanol–water partition coefficient (Wildman–Crippen LogP) is 5.93. The number of fused-ring (bicyclic) bond motifs is 1. The molecule has 36 heavy (non-hydrogen) atoms. The number of nitrogens with zero attached hydrogens (tertiary/aromatic N) is 2. The Bertz CT molecular complexity index is 1270. The topological polar surface area (TPSA) is 81.9 Å². The number of amides is 1. The van der Waals surface area contributed by atoms with E-state index in [9.17, 15) is 18.4 Å². The average Bonchev–Trinajstić information content (AvgIpc) is 3.06. The van der Waals surface area contributed by atoms with Crippen LogP contribution in [0.3, 0.4) is 0 Å². The van der Waals surface area contributed by atoms with Crippen molar-refractivity contribution in [1.82, 2.24) is 14.7 Å². The van der Waals surface area contributed by atoms with Gasteiger partial charge in [0.25, 0.3) is 0 Å². The lowest BCUT2D eigenvalue weighted by atomic mass is 9.86. The Kier molecular flexibility index (Phi) is 7.71. The van der Waals surface area contributed by atoms with E-state index in [4.69, 9.17) is 9.47 Å². The third-order valence-corrected chi connectivity index (χ3v) is 5.44. The smallest absolute Gasteiger partial charge is 0.407 e. The maximum Gasteiger partial charge on any atom is 0.407 e. The number of hydrogen-bond acceptors (Lipinski definition) is 5. The zero-order valence-electron chi connectivity index (χ0n) is 21.8. The number of carbonyl (C=O) groups excluding carboxylic acids is 2. The lowest BCUT2D eigenvalue weighted by Gasteiger charge is -2.26. The highest BCUT2D eigenvalue weighted by atomic mass is 19.1. The number of ketones is 1. The van der Waals surface area contributed by atoms with Crippen molar-refractivity contribution in [3.05, 3.63) is 64.6 Å². The molecular weight excluding hydrogens is 468 g/mol. The van der Waals surface area contributed by atoms with E-state index >= 15 is 0 Å². The van der Waals surface area contributed by atoms with Gasteiger partial charge in [0.05, 0.1) is 11.3 Å². The van der Waals surface area contributed by atoms with Crippen LogP contribution < -0.4 is 10.1 Å². The standard InChI is InChI=1S/C27H33F2N3O4/c1-16-11-22(35-14-18-19(28)9-8-10-20(18)29)24-31-17(2)23(32(24)13-16)21(33)12-27(6,7)15-30-25(34)36-26(3,4)5/h8-11,13H,12,14-15H2,1-7H3,(H,30,34). The number of imidazole rings is 1. The summed E-state index contributed by atoms with van der Waals surface area (Å²) in [5.74, 6) is -1.24. The molecule has 0 saturated heterocycles. The summed E-state index contributed by atoms with van der Waals surface area (Å²) in [6.45, 7) is 12.6. The molecule has 3 rings (SSSR count). The predicted molar refractivity (Wildman–Crippen MR) is 132 cm³/mol. The summed E-state index contributed by atoms with van der Waals surface area (Å²) in [5.41, 5.74) is 0.691. The second-order valence-electron chi connectivity index (χ2n) is 10.7. The zero-order chi connectivity index (χ0) is 26.8. The Morgan fingerprint density at radius 2 is 1.72 bits per heavy atom. The first-order chi connectivity index (χ1) is 16.7. The number of benzene rings is 1. The Morgan fingerprint density at radius 1 is 1.08 bits per heavy atom. The van der Waals surface area contributed by atoms with Crippen LogP contribution in [-0.4, -0.2) is 33.4 Å². The number of ether oxygens (including phenoxy) is 2. The Hall–Kier alpha value is -3.49. The summed E-state index contributed by atoms with van der Waals surface area (Å²) in [5, 5.41) is 2.72. The normalized spacial score (nSPS) is 12.0. The summed E-state index contributed by atoms with van der Waals surface area (Å²) < 4.78 is 40.8. The number of carbonyl (C=O) groups is 2. The highest BCUT2D eigenvalue weighted by Crippen LogP contribution is 2.29. The molecule has 194 valence electrons. The van der Waals surface area contributed by atoms with Gasteiger partial charge < -0.3 is 14.8 Å². The maximum absolute atomic E-state index is 14.1. The second-order valence-corrected chi connectivity index (χ2v) is 10.7. The van der Waals surface area contributed by atoms with Crippen LogP contribution in [-0.2, 0) is 11.3 Å². The molecule has 0 unspecified atom stereocenters. The number of Topliss-reactive ketones (excluding diaryl/α,β-unsaturated/α-hetero) is 1. The molecule has 9 heteroatoms. The van der Waals surface area contributed by atoms with Crippen LogP contribution in [0.25, 0.3) is 5.65 Å². The molecule has 0 atom stereocenters. The first-order valence-electron chi connectivity index (χ1n) is 11.7. The minimum absolute atomic E-state index is 0.141. The molecule has 1 amide bonds. The summed E-state index contributed by atoms with van der Waals surface area (Å²) in [4.78, 5) is 29.9. The van der Waals surface area contributed by atoms with Crippen LogP contribution >= 0.6 is 0 Å². The molecule has 0 saturated carbocycles. The number of nitrogens with one attached hydrogen (secondary N) is 1. The molecule has 0 radical (unpaired) electrons. The summed E-state index contributed by atoms with van der Waals surface area (Å²) in [6.07, 6.45) is 1.37. The van der Waals surface area contributed by atoms with Gasteiger partial charge in [0.1, 0.15) is 29.5 Å². The van der Waals surface area contributed by atoms with Gasteiger partial charge in [0.15, 0.2) is 17.2 Å². The third-order valence-electron chi connectivity index (χ3n) is 5.44. The van der Waals surface area contributed by atoms with Crippen molar-refractivity contribution in [2.75, 3.05) is 6.54 Å². The molecule has 0 aliphatic heterocycles. The Labute approximate surface area is 209 Å². The molecule has 0 spiro atoms. The molecule has 0 aliphatic carbocycles. The second kappa shape index (κ2) is 10.2. The molecule has 1 N–H and O–H groups in total. The number of pyridine rings is 1. The number of halogens is 2. The van der Waals surface area contributed by atoms with Gasteiger partial charge in [-0.2, -0.15) is 0 Å². The van der Waals surface area contributed by atoms with Gasteiger partial charge in [-0.3, -0.25) is 9.20 Å². The summed E-state index contributed by atoms with van der Waals surface area (Å²) in [7, 11) is 0. The van der Waals surface area contributed by atoms with Crippen LogP contribution in [0.2, 0.25) is 0 Å². The van der Waals surface area contributed by atoms with Gasteiger partial charge in [0.2, 0.25) is 0 Å². The van der Waals surface area contributed by atoms with Crippen LogP contribution in [0.5, 0.6) is 5.75 Å². The lowest BCUT2D eigenvalue weighted by molar-refractivity contribution is 0.0500.